The zero-order valence-electron chi connectivity index (χ0n) is 11.3. The standard InChI is InChI=1S/C13H11F3N2O4/c1-2-22-12(21)10(19)9(11(20)13(14,15)16)18-17-8-6-4-3-5-7-8/h3-7,19H,2H2,1H3/b10-9-,18-17?. The lowest BCUT2D eigenvalue weighted by atomic mass is 10.2. The quantitative estimate of drug-likeness (QED) is 0.391. The van der Waals surface area contributed by atoms with Gasteiger partial charge in [0.2, 0.25) is 5.76 Å². The molecule has 0 amide bonds. The summed E-state index contributed by atoms with van der Waals surface area (Å²) in [6.45, 7) is 1.17. The van der Waals surface area contributed by atoms with E-state index in [1.54, 1.807) is 6.07 Å². The highest BCUT2D eigenvalue weighted by Crippen LogP contribution is 2.24. The first-order valence-corrected chi connectivity index (χ1v) is 5.96. The van der Waals surface area contributed by atoms with Gasteiger partial charge in [-0.15, -0.1) is 5.11 Å². The molecule has 0 aliphatic rings. The molecule has 0 radical (unpaired) electrons. The van der Waals surface area contributed by atoms with Crippen LogP contribution in [0.25, 0.3) is 0 Å². The number of carbonyl (C=O) groups excluding carboxylic acids is 2. The number of Topliss-reactive ketones (excluding diaryl/α,β-unsaturated/α-hetero) is 1. The number of ether oxygens (including phenoxy) is 1. The van der Waals surface area contributed by atoms with Gasteiger partial charge in [0.1, 0.15) is 0 Å². The van der Waals surface area contributed by atoms with Gasteiger partial charge in [-0.3, -0.25) is 4.79 Å². The number of aliphatic hydroxyl groups is 1. The highest BCUT2D eigenvalue weighted by atomic mass is 19.4. The van der Waals surface area contributed by atoms with Crippen LogP contribution in [0.3, 0.4) is 0 Å². The van der Waals surface area contributed by atoms with E-state index >= 15 is 0 Å². The molecule has 22 heavy (non-hydrogen) atoms. The Balaban J connectivity index is 3.23. The molecule has 0 saturated heterocycles. The number of allylic oxidation sites excluding steroid dienone is 1. The Labute approximate surface area is 122 Å². The fraction of sp³-hybridized carbons (Fsp3) is 0.231. The van der Waals surface area contributed by atoms with Crippen LogP contribution in [-0.2, 0) is 14.3 Å². The van der Waals surface area contributed by atoms with Crippen LogP contribution >= 0.6 is 0 Å². The third-order valence-corrected chi connectivity index (χ3v) is 2.19. The Morgan fingerprint density at radius 2 is 1.82 bits per heavy atom. The first-order valence-electron chi connectivity index (χ1n) is 5.96. The first-order chi connectivity index (χ1) is 10.3. The fourth-order valence-electron chi connectivity index (χ4n) is 1.23. The number of nitrogens with zero attached hydrogens (tertiary/aromatic N) is 2. The van der Waals surface area contributed by atoms with Gasteiger partial charge in [0.15, 0.2) is 5.70 Å². The number of halogens is 3. The van der Waals surface area contributed by atoms with Crippen LogP contribution in [0.2, 0.25) is 0 Å². The van der Waals surface area contributed by atoms with Crippen LogP contribution in [0, 0.1) is 0 Å². The molecule has 0 saturated carbocycles. The van der Waals surface area contributed by atoms with Gasteiger partial charge in [-0.25, -0.2) is 4.79 Å². The second kappa shape index (κ2) is 7.34. The molecule has 6 nitrogen and oxygen atoms in total. The summed E-state index contributed by atoms with van der Waals surface area (Å²) in [5.41, 5.74) is -1.40. The Morgan fingerprint density at radius 1 is 1.23 bits per heavy atom. The molecule has 0 aromatic heterocycles. The van der Waals surface area contributed by atoms with Crippen LogP contribution in [0.15, 0.2) is 52.0 Å². The zero-order valence-corrected chi connectivity index (χ0v) is 11.3. The molecule has 0 aliphatic carbocycles. The number of esters is 1. The second-order valence-electron chi connectivity index (χ2n) is 3.78. The molecule has 0 atom stereocenters. The average molecular weight is 316 g/mol. The van der Waals surface area contributed by atoms with Crippen molar-refractivity contribution in [3.63, 3.8) is 0 Å². The van der Waals surface area contributed by atoms with E-state index in [-0.39, 0.29) is 12.3 Å². The SMILES string of the molecule is CCOC(=O)/C(O)=C(/N=Nc1ccccc1)C(=O)C(F)(F)F. The topological polar surface area (TPSA) is 88.3 Å². The lowest BCUT2D eigenvalue weighted by molar-refractivity contribution is -0.167. The highest BCUT2D eigenvalue weighted by molar-refractivity contribution is 6.04. The van der Waals surface area contributed by atoms with Crippen LogP contribution in [-0.4, -0.2) is 29.6 Å². The van der Waals surface area contributed by atoms with Gasteiger partial charge in [0, 0.05) is 0 Å². The average Bonchev–Trinajstić information content (AvgIpc) is 2.47. The molecule has 0 aliphatic heterocycles. The Bertz CT molecular complexity index is 609. The fourth-order valence-corrected chi connectivity index (χ4v) is 1.23. The third kappa shape index (κ3) is 4.69. The molecule has 1 N–H and O–H groups in total. The molecule has 118 valence electrons. The van der Waals surface area contributed by atoms with Gasteiger partial charge in [0.25, 0.3) is 5.78 Å². The minimum absolute atomic E-state index is 0.131. The lowest BCUT2D eigenvalue weighted by Gasteiger charge is -2.07. The summed E-state index contributed by atoms with van der Waals surface area (Å²) in [5.74, 6) is -5.55. The van der Waals surface area contributed by atoms with Crippen molar-refractivity contribution in [2.24, 2.45) is 10.2 Å². The van der Waals surface area contributed by atoms with Crippen LogP contribution < -0.4 is 0 Å². The van der Waals surface area contributed by atoms with E-state index in [0.29, 0.717) is 0 Å². The smallest absolute Gasteiger partial charge is 0.456 e. The summed E-state index contributed by atoms with van der Waals surface area (Å²) >= 11 is 0. The molecule has 9 heteroatoms. The van der Waals surface area contributed by atoms with Crippen LogP contribution in [0.4, 0.5) is 18.9 Å². The van der Waals surface area contributed by atoms with E-state index in [2.05, 4.69) is 15.0 Å². The van der Waals surface area contributed by atoms with Gasteiger partial charge in [-0.05, 0) is 19.1 Å². The van der Waals surface area contributed by atoms with E-state index in [0.717, 1.165) is 0 Å². The number of aliphatic hydroxyl groups excluding tert-OH is 1. The van der Waals surface area contributed by atoms with E-state index in [1.807, 2.05) is 0 Å². The van der Waals surface area contributed by atoms with Gasteiger partial charge < -0.3 is 9.84 Å². The molecule has 0 bridgehead atoms. The molecule has 0 fully saturated rings. The molecular formula is C13H11F3N2O4. The van der Waals surface area contributed by atoms with Crippen molar-refractivity contribution in [3.05, 3.63) is 41.8 Å². The minimum atomic E-state index is -5.33. The maximum absolute atomic E-state index is 12.5. The number of benzene rings is 1. The summed E-state index contributed by atoms with van der Waals surface area (Å²) in [7, 11) is 0. The molecule has 0 spiro atoms. The van der Waals surface area contributed by atoms with Crippen molar-refractivity contribution in [1.29, 1.82) is 0 Å². The maximum Gasteiger partial charge on any atom is 0.456 e. The van der Waals surface area contributed by atoms with Crippen molar-refractivity contribution in [2.45, 2.75) is 13.1 Å². The molecular weight excluding hydrogens is 305 g/mol. The van der Waals surface area contributed by atoms with Crippen molar-refractivity contribution in [1.82, 2.24) is 0 Å². The molecule has 1 rings (SSSR count). The maximum atomic E-state index is 12.5. The predicted molar refractivity (Wildman–Crippen MR) is 68.3 cm³/mol. The Kier molecular flexibility index (Phi) is 5.79. The van der Waals surface area contributed by atoms with Gasteiger partial charge in [-0.2, -0.15) is 18.3 Å². The monoisotopic (exact) mass is 316 g/mol. The van der Waals surface area contributed by atoms with E-state index in [9.17, 15) is 27.9 Å². The molecule has 1 aromatic carbocycles. The van der Waals surface area contributed by atoms with E-state index in [4.69, 9.17) is 0 Å². The number of rotatable bonds is 5. The molecule has 0 heterocycles. The lowest BCUT2D eigenvalue weighted by Crippen LogP contribution is -2.26. The van der Waals surface area contributed by atoms with E-state index < -0.39 is 29.4 Å². The third-order valence-electron chi connectivity index (χ3n) is 2.19. The van der Waals surface area contributed by atoms with Gasteiger partial charge >= 0.3 is 12.1 Å². The largest absolute Gasteiger partial charge is 0.500 e. The molecule has 0 unspecified atom stereocenters. The van der Waals surface area contributed by atoms with Crippen molar-refractivity contribution >= 4 is 17.4 Å². The zero-order chi connectivity index (χ0) is 16.8. The second-order valence-corrected chi connectivity index (χ2v) is 3.78. The number of ketones is 1. The summed E-state index contributed by atoms with van der Waals surface area (Å²) < 4.78 is 41.8. The number of hydrogen-bond donors (Lipinski definition) is 1. The number of azo groups is 1. The number of hydrogen-bond acceptors (Lipinski definition) is 6. The van der Waals surface area contributed by atoms with Crippen molar-refractivity contribution in [3.8, 4) is 0 Å². The number of alkyl halides is 3. The predicted octanol–water partition coefficient (Wildman–Crippen LogP) is 3.23. The van der Waals surface area contributed by atoms with Crippen LogP contribution in [0.1, 0.15) is 6.92 Å². The summed E-state index contributed by atoms with van der Waals surface area (Å²) in [5, 5.41) is 15.9. The van der Waals surface area contributed by atoms with Crippen molar-refractivity contribution < 1.29 is 32.6 Å². The summed E-state index contributed by atoms with van der Waals surface area (Å²) in [6, 6.07) is 7.51. The summed E-state index contributed by atoms with van der Waals surface area (Å²) in [4.78, 5) is 22.5. The van der Waals surface area contributed by atoms with Crippen molar-refractivity contribution in [2.75, 3.05) is 6.61 Å². The van der Waals surface area contributed by atoms with E-state index in [1.165, 1.54) is 31.2 Å². The van der Waals surface area contributed by atoms with Gasteiger partial charge in [0.05, 0.1) is 12.3 Å². The summed E-state index contributed by atoms with van der Waals surface area (Å²) in [6.07, 6.45) is -5.33. The van der Waals surface area contributed by atoms with Crippen LogP contribution in [0.5, 0.6) is 0 Å². The highest BCUT2D eigenvalue weighted by Gasteiger charge is 2.43. The van der Waals surface area contributed by atoms with Gasteiger partial charge in [-0.1, -0.05) is 18.2 Å². The molecule has 1 aromatic rings. The Hall–Kier alpha value is -2.71. The first kappa shape index (κ1) is 17.3. The Morgan fingerprint density at radius 3 is 2.32 bits per heavy atom. The minimum Gasteiger partial charge on any atom is -0.500 e. The normalized spacial score (nSPS) is 12.9. The number of carbonyl (C=O) groups is 2.